The second-order valence-electron chi connectivity index (χ2n) is 2.32. The van der Waals surface area contributed by atoms with Crippen molar-refractivity contribution in [2.45, 2.75) is 13.3 Å². The van der Waals surface area contributed by atoms with Crippen molar-refractivity contribution in [1.82, 2.24) is 4.90 Å². The van der Waals surface area contributed by atoms with Crippen molar-refractivity contribution >= 4 is 0 Å². The first kappa shape index (κ1) is 12.5. The molecular weight excluding hydrogens is 128 g/mol. The van der Waals surface area contributed by atoms with Gasteiger partial charge >= 0.3 is 0 Å². The van der Waals surface area contributed by atoms with Gasteiger partial charge in [-0.15, -0.1) is 0 Å². The summed E-state index contributed by atoms with van der Waals surface area (Å²) in [4.78, 5) is 2.18. The predicted octanol–water partition coefficient (Wildman–Crippen LogP) is -0.105. The molecule has 3 heteroatoms. The maximum absolute atomic E-state index is 7.75. The van der Waals surface area contributed by atoms with Crippen LogP contribution in [0.25, 0.3) is 0 Å². The SMILES string of the molecule is CCCN(C)C.NCCO. The monoisotopic (exact) mass is 148 g/mol. The first-order valence-electron chi connectivity index (χ1n) is 3.64. The van der Waals surface area contributed by atoms with E-state index in [1.54, 1.807) is 0 Å². The Kier molecular flexibility index (Phi) is 14.6. The molecule has 0 atom stereocenters. The summed E-state index contributed by atoms with van der Waals surface area (Å²) < 4.78 is 0. The molecule has 0 saturated heterocycles. The molecule has 10 heavy (non-hydrogen) atoms. The zero-order valence-electron chi connectivity index (χ0n) is 7.30. The van der Waals surface area contributed by atoms with Crippen LogP contribution in [0, 0.1) is 0 Å². The fraction of sp³-hybridized carbons (Fsp3) is 1.00. The Morgan fingerprint density at radius 1 is 1.40 bits per heavy atom. The molecule has 0 heterocycles. The van der Waals surface area contributed by atoms with Crippen LogP contribution < -0.4 is 5.73 Å². The van der Waals surface area contributed by atoms with E-state index in [9.17, 15) is 0 Å². The van der Waals surface area contributed by atoms with E-state index in [4.69, 9.17) is 10.8 Å². The summed E-state index contributed by atoms with van der Waals surface area (Å²) in [5, 5.41) is 7.75. The van der Waals surface area contributed by atoms with Gasteiger partial charge in [-0.1, -0.05) is 6.92 Å². The van der Waals surface area contributed by atoms with Crippen LogP contribution >= 0.6 is 0 Å². The molecular formula is C7H20N2O. The van der Waals surface area contributed by atoms with Gasteiger partial charge in [0, 0.05) is 6.54 Å². The number of hydrogen-bond donors (Lipinski definition) is 2. The van der Waals surface area contributed by atoms with Gasteiger partial charge in [0.1, 0.15) is 0 Å². The van der Waals surface area contributed by atoms with Crippen molar-refractivity contribution < 1.29 is 5.11 Å². The number of aliphatic hydroxyl groups excluding tert-OH is 1. The fourth-order valence-corrected chi connectivity index (χ4v) is 0.447. The van der Waals surface area contributed by atoms with Crippen molar-refractivity contribution in [3.8, 4) is 0 Å². The summed E-state index contributed by atoms with van der Waals surface area (Å²) in [5.41, 5.74) is 4.78. The van der Waals surface area contributed by atoms with Gasteiger partial charge < -0.3 is 15.7 Å². The summed E-state index contributed by atoms with van der Waals surface area (Å²) in [6.07, 6.45) is 1.26. The molecule has 0 saturated carbocycles. The topological polar surface area (TPSA) is 49.5 Å². The minimum atomic E-state index is 0.0972. The Hall–Kier alpha value is -0.120. The Labute approximate surface area is 63.8 Å². The van der Waals surface area contributed by atoms with Crippen LogP contribution in [-0.2, 0) is 0 Å². The van der Waals surface area contributed by atoms with Crippen LogP contribution in [0.5, 0.6) is 0 Å². The van der Waals surface area contributed by atoms with Crippen LogP contribution in [0.4, 0.5) is 0 Å². The molecule has 0 bridgehead atoms. The van der Waals surface area contributed by atoms with E-state index in [1.807, 2.05) is 0 Å². The van der Waals surface area contributed by atoms with Crippen LogP contribution in [0.2, 0.25) is 0 Å². The lowest BCUT2D eigenvalue weighted by Gasteiger charge is -2.03. The molecule has 0 aromatic heterocycles. The Morgan fingerprint density at radius 3 is 1.80 bits per heavy atom. The average molecular weight is 148 g/mol. The molecule has 0 aliphatic heterocycles. The number of aliphatic hydroxyl groups is 1. The molecule has 0 aliphatic rings. The molecule has 64 valence electrons. The molecule has 0 fully saturated rings. The van der Waals surface area contributed by atoms with E-state index in [0.29, 0.717) is 6.54 Å². The molecule has 0 aliphatic carbocycles. The number of rotatable bonds is 3. The molecule has 3 nitrogen and oxygen atoms in total. The highest BCUT2D eigenvalue weighted by atomic mass is 16.3. The van der Waals surface area contributed by atoms with Crippen LogP contribution in [0.15, 0.2) is 0 Å². The molecule has 0 aromatic rings. The normalized spacial score (nSPS) is 9.00. The van der Waals surface area contributed by atoms with Gasteiger partial charge in [0.05, 0.1) is 6.61 Å². The van der Waals surface area contributed by atoms with Gasteiger partial charge in [0.15, 0.2) is 0 Å². The lowest BCUT2D eigenvalue weighted by atomic mass is 10.5. The molecule has 0 rings (SSSR count). The van der Waals surface area contributed by atoms with Crippen LogP contribution in [-0.4, -0.2) is 43.8 Å². The van der Waals surface area contributed by atoms with Crippen molar-refractivity contribution in [3.63, 3.8) is 0 Å². The standard InChI is InChI=1S/C5H13N.C2H7NO/c1-4-5-6(2)3;3-1-2-4/h4-5H2,1-3H3;4H,1-3H2. The third-order valence-corrected chi connectivity index (χ3v) is 0.800. The highest BCUT2D eigenvalue weighted by Crippen LogP contribution is 1.76. The summed E-state index contributed by atoms with van der Waals surface area (Å²) in [6.45, 7) is 3.86. The summed E-state index contributed by atoms with van der Waals surface area (Å²) in [7, 11) is 4.17. The van der Waals surface area contributed by atoms with E-state index in [2.05, 4.69) is 25.9 Å². The largest absolute Gasteiger partial charge is 0.395 e. The second-order valence-corrected chi connectivity index (χ2v) is 2.32. The molecule has 0 unspecified atom stereocenters. The van der Waals surface area contributed by atoms with Gasteiger partial charge in [-0.25, -0.2) is 0 Å². The van der Waals surface area contributed by atoms with Crippen molar-refractivity contribution in [2.75, 3.05) is 33.8 Å². The number of hydrogen-bond acceptors (Lipinski definition) is 3. The summed E-state index contributed by atoms with van der Waals surface area (Å²) >= 11 is 0. The van der Waals surface area contributed by atoms with Gasteiger partial charge in [0.25, 0.3) is 0 Å². The Morgan fingerprint density at radius 2 is 1.80 bits per heavy atom. The molecule has 0 spiro atoms. The lowest BCUT2D eigenvalue weighted by molar-refractivity contribution is 0.306. The molecule has 0 amide bonds. The number of nitrogens with two attached hydrogens (primary N) is 1. The third kappa shape index (κ3) is 24.8. The van der Waals surface area contributed by atoms with E-state index < -0.39 is 0 Å². The van der Waals surface area contributed by atoms with Gasteiger partial charge in [-0.2, -0.15) is 0 Å². The third-order valence-electron chi connectivity index (χ3n) is 0.800. The van der Waals surface area contributed by atoms with Crippen molar-refractivity contribution in [1.29, 1.82) is 0 Å². The van der Waals surface area contributed by atoms with Gasteiger partial charge in [-0.3, -0.25) is 0 Å². The second kappa shape index (κ2) is 11.6. The van der Waals surface area contributed by atoms with Crippen LogP contribution in [0.3, 0.4) is 0 Å². The molecule has 0 radical (unpaired) electrons. The zero-order chi connectivity index (χ0) is 8.41. The van der Waals surface area contributed by atoms with E-state index >= 15 is 0 Å². The highest BCUT2D eigenvalue weighted by molar-refractivity contribution is 4.34. The minimum absolute atomic E-state index is 0.0972. The smallest absolute Gasteiger partial charge is 0.0553 e. The van der Waals surface area contributed by atoms with Crippen molar-refractivity contribution in [3.05, 3.63) is 0 Å². The summed E-state index contributed by atoms with van der Waals surface area (Å²) in [6, 6.07) is 0. The predicted molar refractivity (Wildman–Crippen MR) is 45.0 cm³/mol. The quantitative estimate of drug-likeness (QED) is 0.587. The average Bonchev–Trinajstić information content (AvgIpc) is 1.89. The molecule has 0 aromatic carbocycles. The van der Waals surface area contributed by atoms with E-state index in [1.165, 1.54) is 13.0 Å². The minimum Gasteiger partial charge on any atom is -0.395 e. The fourth-order valence-electron chi connectivity index (χ4n) is 0.447. The first-order chi connectivity index (χ1) is 4.68. The van der Waals surface area contributed by atoms with Crippen molar-refractivity contribution in [2.24, 2.45) is 5.73 Å². The number of nitrogens with zero attached hydrogens (tertiary/aromatic N) is 1. The van der Waals surface area contributed by atoms with Crippen LogP contribution in [0.1, 0.15) is 13.3 Å². The maximum Gasteiger partial charge on any atom is 0.0553 e. The Balaban J connectivity index is 0. The summed E-state index contributed by atoms with van der Waals surface area (Å²) in [5.74, 6) is 0. The molecule has 3 N–H and O–H groups in total. The lowest BCUT2D eigenvalue weighted by Crippen LogP contribution is -2.11. The van der Waals surface area contributed by atoms with Gasteiger partial charge in [0.2, 0.25) is 0 Å². The van der Waals surface area contributed by atoms with Gasteiger partial charge in [-0.05, 0) is 27.1 Å². The Bertz CT molecular complexity index is 46.9. The van der Waals surface area contributed by atoms with E-state index in [-0.39, 0.29) is 6.61 Å². The maximum atomic E-state index is 7.75. The highest BCUT2D eigenvalue weighted by Gasteiger charge is 1.79. The van der Waals surface area contributed by atoms with E-state index in [0.717, 1.165) is 0 Å². The zero-order valence-corrected chi connectivity index (χ0v) is 7.30. The first-order valence-corrected chi connectivity index (χ1v) is 3.64.